The van der Waals surface area contributed by atoms with Crippen molar-refractivity contribution in [3.05, 3.63) is 12.7 Å². The molecular weight excluding hydrogens is 144 g/mol. The average molecular weight is 156 g/mol. The number of hydrogen-bond acceptors (Lipinski definition) is 3. The van der Waals surface area contributed by atoms with E-state index in [1.807, 2.05) is 0 Å². The molecule has 0 atom stereocenters. The lowest BCUT2D eigenvalue weighted by atomic mass is 9.97. The molecule has 1 aliphatic heterocycles. The number of β-amino-alcohol motifs (C(OH)–C–C–N with tert-alkyl or cyclic N) is 1. The van der Waals surface area contributed by atoms with Crippen molar-refractivity contribution in [2.75, 3.05) is 19.6 Å². The molecule has 62 valence electrons. The molecule has 1 saturated heterocycles. The van der Waals surface area contributed by atoms with Crippen molar-refractivity contribution >= 4 is 5.91 Å². The zero-order valence-electron chi connectivity index (χ0n) is 6.26. The minimum Gasteiger partial charge on any atom is -0.385 e. The lowest BCUT2D eigenvalue weighted by molar-refractivity contribution is -0.118. The zero-order valence-corrected chi connectivity index (χ0v) is 6.26. The van der Waals surface area contributed by atoms with Gasteiger partial charge in [0.15, 0.2) is 0 Å². The lowest BCUT2D eigenvalue weighted by Gasteiger charge is -2.37. The molecule has 1 heterocycles. The second-order valence-electron chi connectivity index (χ2n) is 2.75. The summed E-state index contributed by atoms with van der Waals surface area (Å²) < 4.78 is 0. The Morgan fingerprint density at radius 1 is 1.82 bits per heavy atom. The smallest absolute Gasteiger partial charge is 0.243 e. The Labute approximate surface area is 65.3 Å². The molecule has 0 unspecified atom stereocenters. The lowest BCUT2D eigenvalue weighted by Crippen LogP contribution is -2.64. The van der Waals surface area contributed by atoms with Crippen LogP contribution in [0.25, 0.3) is 0 Å². The van der Waals surface area contributed by atoms with Crippen molar-refractivity contribution in [3.8, 4) is 0 Å². The fourth-order valence-electron chi connectivity index (χ4n) is 0.862. The van der Waals surface area contributed by atoms with Gasteiger partial charge in [-0.2, -0.15) is 0 Å². The molecule has 1 aliphatic rings. The first-order valence-corrected chi connectivity index (χ1v) is 3.50. The highest BCUT2D eigenvalue weighted by Gasteiger charge is 2.33. The standard InChI is InChI=1S/C7H12N2O2/c1-2-6(10)9-5-7(11)3-8-4-7/h2,8,11H,1,3-5H2,(H,9,10). The van der Waals surface area contributed by atoms with Crippen LogP contribution in [-0.4, -0.2) is 36.2 Å². The van der Waals surface area contributed by atoms with E-state index in [0.717, 1.165) is 0 Å². The predicted octanol–water partition coefficient (Wildman–Crippen LogP) is -1.38. The molecule has 0 aromatic carbocycles. The van der Waals surface area contributed by atoms with Crippen molar-refractivity contribution in [1.82, 2.24) is 10.6 Å². The fraction of sp³-hybridized carbons (Fsp3) is 0.571. The Kier molecular flexibility index (Phi) is 2.26. The molecule has 0 saturated carbocycles. The van der Waals surface area contributed by atoms with Gasteiger partial charge in [0.25, 0.3) is 0 Å². The molecule has 0 bridgehead atoms. The molecule has 0 aromatic rings. The van der Waals surface area contributed by atoms with E-state index in [1.165, 1.54) is 6.08 Å². The summed E-state index contributed by atoms with van der Waals surface area (Å²) in [6.07, 6.45) is 1.19. The van der Waals surface area contributed by atoms with Crippen molar-refractivity contribution in [3.63, 3.8) is 0 Å². The largest absolute Gasteiger partial charge is 0.385 e. The number of hydrogen-bond donors (Lipinski definition) is 3. The minimum atomic E-state index is -0.737. The van der Waals surface area contributed by atoms with E-state index in [9.17, 15) is 9.90 Å². The first kappa shape index (κ1) is 8.23. The van der Waals surface area contributed by atoms with Crippen LogP contribution in [0.4, 0.5) is 0 Å². The van der Waals surface area contributed by atoms with Crippen LogP contribution in [0.3, 0.4) is 0 Å². The molecule has 1 fully saturated rings. The Bertz CT molecular complexity index is 175. The van der Waals surface area contributed by atoms with Gasteiger partial charge in [-0.3, -0.25) is 4.79 Å². The van der Waals surface area contributed by atoms with Crippen LogP contribution in [-0.2, 0) is 4.79 Å². The molecule has 1 amide bonds. The molecule has 0 spiro atoms. The van der Waals surface area contributed by atoms with Crippen molar-refractivity contribution in [1.29, 1.82) is 0 Å². The summed E-state index contributed by atoms with van der Waals surface area (Å²) in [4.78, 5) is 10.6. The quantitative estimate of drug-likeness (QED) is 0.441. The maximum atomic E-state index is 10.6. The molecule has 0 aromatic heterocycles. The zero-order chi connectivity index (χ0) is 8.32. The number of carbonyl (C=O) groups excluding carboxylic acids is 1. The third kappa shape index (κ3) is 2.03. The number of aliphatic hydroxyl groups is 1. The SMILES string of the molecule is C=CC(=O)NCC1(O)CNC1. The summed E-state index contributed by atoms with van der Waals surface area (Å²) in [6, 6.07) is 0. The van der Waals surface area contributed by atoms with Gasteiger partial charge in [-0.05, 0) is 6.08 Å². The normalized spacial score (nSPS) is 20.1. The van der Waals surface area contributed by atoms with E-state index in [4.69, 9.17) is 0 Å². The van der Waals surface area contributed by atoms with Crippen LogP contribution in [0, 0.1) is 0 Å². The fourth-order valence-corrected chi connectivity index (χ4v) is 0.862. The molecular formula is C7H12N2O2. The number of carbonyl (C=O) groups is 1. The van der Waals surface area contributed by atoms with Crippen molar-refractivity contribution in [2.45, 2.75) is 5.60 Å². The van der Waals surface area contributed by atoms with E-state index < -0.39 is 5.60 Å². The van der Waals surface area contributed by atoms with Gasteiger partial charge in [-0.1, -0.05) is 6.58 Å². The molecule has 0 aliphatic carbocycles. The average Bonchev–Trinajstić information content (AvgIpc) is 1.96. The predicted molar refractivity (Wildman–Crippen MR) is 41.0 cm³/mol. The van der Waals surface area contributed by atoms with E-state index in [-0.39, 0.29) is 5.91 Å². The summed E-state index contributed by atoms with van der Waals surface area (Å²) >= 11 is 0. The molecule has 4 heteroatoms. The summed E-state index contributed by atoms with van der Waals surface area (Å²) in [5.41, 5.74) is -0.737. The van der Waals surface area contributed by atoms with Crippen LogP contribution in [0.5, 0.6) is 0 Å². The Hall–Kier alpha value is -0.870. The summed E-state index contributed by atoms with van der Waals surface area (Å²) in [5.74, 6) is -0.245. The second-order valence-corrected chi connectivity index (χ2v) is 2.75. The van der Waals surface area contributed by atoms with Crippen LogP contribution in [0.15, 0.2) is 12.7 Å². The van der Waals surface area contributed by atoms with Crippen LogP contribution < -0.4 is 10.6 Å². The van der Waals surface area contributed by atoms with Gasteiger partial charge in [0.05, 0.1) is 0 Å². The van der Waals surface area contributed by atoms with E-state index in [2.05, 4.69) is 17.2 Å². The van der Waals surface area contributed by atoms with E-state index in [0.29, 0.717) is 19.6 Å². The van der Waals surface area contributed by atoms with Gasteiger partial charge < -0.3 is 15.7 Å². The van der Waals surface area contributed by atoms with Gasteiger partial charge in [-0.25, -0.2) is 0 Å². The van der Waals surface area contributed by atoms with Gasteiger partial charge >= 0.3 is 0 Å². The highest BCUT2D eigenvalue weighted by atomic mass is 16.3. The molecule has 4 nitrogen and oxygen atoms in total. The van der Waals surface area contributed by atoms with Crippen LogP contribution in [0.2, 0.25) is 0 Å². The first-order valence-electron chi connectivity index (χ1n) is 3.50. The molecule has 0 radical (unpaired) electrons. The maximum absolute atomic E-state index is 10.6. The third-order valence-electron chi connectivity index (χ3n) is 1.69. The van der Waals surface area contributed by atoms with Crippen molar-refractivity contribution in [2.24, 2.45) is 0 Å². The third-order valence-corrected chi connectivity index (χ3v) is 1.69. The summed E-state index contributed by atoms with van der Waals surface area (Å²) in [5, 5.41) is 14.9. The number of amides is 1. The van der Waals surface area contributed by atoms with Crippen LogP contribution >= 0.6 is 0 Å². The van der Waals surface area contributed by atoms with Gasteiger partial charge in [0.2, 0.25) is 5.91 Å². The Morgan fingerprint density at radius 2 is 2.45 bits per heavy atom. The van der Waals surface area contributed by atoms with Crippen LogP contribution in [0.1, 0.15) is 0 Å². The molecule has 1 rings (SSSR count). The summed E-state index contributed by atoms with van der Waals surface area (Å²) in [7, 11) is 0. The Balaban J connectivity index is 2.21. The number of nitrogens with one attached hydrogen (secondary N) is 2. The van der Waals surface area contributed by atoms with Gasteiger partial charge in [0.1, 0.15) is 5.60 Å². The van der Waals surface area contributed by atoms with Gasteiger partial charge in [0, 0.05) is 19.6 Å². The van der Waals surface area contributed by atoms with Crippen molar-refractivity contribution < 1.29 is 9.90 Å². The molecule has 3 N–H and O–H groups in total. The highest BCUT2D eigenvalue weighted by Crippen LogP contribution is 2.07. The van der Waals surface area contributed by atoms with E-state index in [1.54, 1.807) is 0 Å². The highest BCUT2D eigenvalue weighted by molar-refractivity contribution is 5.86. The number of rotatable bonds is 3. The second kappa shape index (κ2) is 3.02. The first-order chi connectivity index (χ1) is 5.16. The van der Waals surface area contributed by atoms with E-state index >= 15 is 0 Å². The maximum Gasteiger partial charge on any atom is 0.243 e. The monoisotopic (exact) mass is 156 g/mol. The minimum absolute atomic E-state index is 0.245. The topological polar surface area (TPSA) is 61.4 Å². The van der Waals surface area contributed by atoms with Gasteiger partial charge in [-0.15, -0.1) is 0 Å². The Morgan fingerprint density at radius 3 is 2.82 bits per heavy atom. The summed E-state index contributed by atoms with van der Waals surface area (Å²) in [6.45, 7) is 4.68. The molecule has 11 heavy (non-hydrogen) atoms.